The van der Waals surface area contributed by atoms with E-state index in [1.54, 1.807) is 6.20 Å². The summed E-state index contributed by atoms with van der Waals surface area (Å²) in [6, 6.07) is 3.94. The highest BCUT2D eigenvalue weighted by atomic mass is 79.9. The van der Waals surface area contributed by atoms with Crippen molar-refractivity contribution in [1.29, 1.82) is 0 Å². The highest BCUT2D eigenvalue weighted by molar-refractivity contribution is 9.10. The Morgan fingerprint density at radius 3 is 2.75 bits per heavy atom. The molecule has 0 unspecified atom stereocenters. The number of ether oxygens (including phenoxy) is 1. The van der Waals surface area contributed by atoms with Gasteiger partial charge in [0.05, 0.1) is 6.10 Å². The first-order valence-electron chi connectivity index (χ1n) is 6.90. The van der Waals surface area contributed by atoms with Gasteiger partial charge in [-0.2, -0.15) is 0 Å². The SMILES string of the molecule is CC1CCC(Oc2cc(Br)cc3cnc(Cl)nc23)CC1. The second-order valence-corrected chi connectivity index (χ2v) is 6.73. The summed E-state index contributed by atoms with van der Waals surface area (Å²) in [6.45, 7) is 2.30. The molecule has 1 saturated carbocycles. The minimum Gasteiger partial charge on any atom is -0.488 e. The standard InChI is InChI=1S/C15H16BrClN2O/c1-9-2-4-12(5-3-9)20-13-7-11(16)6-10-8-18-15(17)19-14(10)13/h6-9,12H,2-5H2,1H3. The minimum absolute atomic E-state index is 0.252. The van der Waals surface area contributed by atoms with Gasteiger partial charge in [0, 0.05) is 16.1 Å². The van der Waals surface area contributed by atoms with Crippen LogP contribution in [0.3, 0.4) is 0 Å². The van der Waals surface area contributed by atoms with Crippen LogP contribution in [0.25, 0.3) is 10.9 Å². The molecule has 3 nitrogen and oxygen atoms in total. The van der Waals surface area contributed by atoms with Gasteiger partial charge in [-0.1, -0.05) is 22.9 Å². The number of benzene rings is 1. The van der Waals surface area contributed by atoms with Crippen LogP contribution in [0.1, 0.15) is 32.6 Å². The molecule has 1 aromatic heterocycles. The van der Waals surface area contributed by atoms with Crippen molar-refractivity contribution in [2.75, 3.05) is 0 Å². The van der Waals surface area contributed by atoms with Gasteiger partial charge in [0.2, 0.25) is 5.28 Å². The molecule has 1 aliphatic rings. The molecule has 2 aromatic rings. The van der Waals surface area contributed by atoms with E-state index in [1.807, 2.05) is 12.1 Å². The van der Waals surface area contributed by atoms with E-state index in [0.29, 0.717) is 0 Å². The fraction of sp³-hybridized carbons (Fsp3) is 0.467. The molecule has 0 N–H and O–H groups in total. The predicted molar refractivity (Wildman–Crippen MR) is 84.3 cm³/mol. The number of hydrogen-bond acceptors (Lipinski definition) is 3. The lowest BCUT2D eigenvalue weighted by Crippen LogP contribution is -2.23. The van der Waals surface area contributed by atoms with Gasteiger partial charge >= 0.3 is 0 Å². The van der Waals surface area contributed by atoms with E-state index in [0.717, 1.165) is 39.9 Å². The molecule has 3 rings (SSSR count). The van der Waals surface area contributed by atoms with Gasteiger partial charge in [-0.05, 0) is 55.3 Å². The third-order valence-electron chi connectivity index (χ3n) is 3.84. The van der Waals surface area contributed by atoms with Gasteiger partial charge in [0.15, 0.2) is 0 Å². The van der Waals surface area contributed by atoms with Crippen LogP contribution in [0.15, 0.2) is 22.8 Å². The summed E-state index contributed by atoms with van der Waals surface area (Å²) in [5.74, 6) is 1.60. The van der Waals surface area contributed by atoms with Crippen LogP contribution in [0, 0.1) is 5.92 Å². The number of nitrogens with zero attached hydrogens (tertiary/aromatic N) is 2. The van der Waals surface area contributed by atoms with E-state index >= 15 is 0 Å². The topological polar surface area (TPSA) is 35.0 Å². The molecule has 5 heteroatoms. The Morgan fingerprint density at radius 2 is 2.00 bits per heavy atom. The van der Waals surface area contributed by atoms with Crippen molar-refractivity contribution in [2.45, 2.75) is 38.7 Å². The van der Waals surface area contributed by atoms with E-state index in [2.05, 4.69) is 32.8 Å². The maximum Gasteiger partial charge on any atom is 0.223 e. The first kappa shape index (κ1) is 14.1. The minimum atomic E-state index is 0.252. The van der Waals surface area contributed by atoms with Gasteiger partial charge < -0.3 is 4.74 Å². The van der Waals surface area contributed by atoms with Crippen molar-refractivity contribution in [2.24, 2.45) is 5.92 Å². The Hall–Kier alpha value is -0.870. The highest BCUT2D eigenvalue weighted by Gasteiger charge is 2.20. The lowest BCUT2D eigenvalue weighted by atomic mass is 9.89. The van der Waals surface area contributed by atoms with Gasteiger partial charge in [0.25, 0.3) is 0 Å². The Bertz CT molecular complexity index is 627. The number of rotatable bonds is 2. The first-order valence-corrected chi connectivity index (χ1v) is 8.07. The molecule has 0 radical (unpaired) electrons. The first-order chi connectivity index (χ1) is 9.61. The Balaban J connectivity index is 1.92. The Kier molecular flexibility index (Phi) is 4.13. The highest BCUT2D eigenvalue weighted by Crippen LogP contribution is 2.33. The zero-order valence-corrected chi connectivity index (χ0v) is 13.6. The summed E-state index contributed by atoms with van der Waals surface area (Å²) in [7, 11) is 0. The number of halogens is 2. The molecule has 1 aliphatic carbocycles. The number of aromatic nitrogens is 2. The zero-order chi connectivity index (χ0) is 14.1. The van der Waals surface area contributed by atoms with E-state index in [-0.39, 0.29) is 11.4 Å². The number of fused-ring (bicyclic) bond motifs is 1. The van der Waals surface area contributed by atoms with Crippen molar-refractivity contribution >= 4 is 38.4 Å². The summed E-state index contributed by atoms with van der Waals surface area (Å²) in [5.41, 5.74) is 0.784. The van der Waals surface area contributed by atoms with E-state index in [4.69, 9.17) is 16.3 Å². The van der Waals surface area contributed by atoms with Crippen LogP contribution in [0.5, 0.6) is 5.75 Å². The van der Waals surface area contributed by atoms with Crippen molar-refractivity contribution < 1.29 is 4.74 Å². The molecule has 0 atom stereocenters. The van der Waals surface area contributed by atoms with E-state index in [9.17, 15) is 0 Å². The summed E-state index contributed by atoms with van der Waals surface area (Å²) >= 11 is 9.41. The largest absolute Gasteiger partial charge is 0.488 e. The molecule has 0 saturated heterocycles. The summed E-state index contributed by atoms with van der Waals surface area (Å²) < 4.78 is 7.14. The third kappa shape index (κ3) is 3.07. The average molecular weight is 356 g/mol. The number of hydrogen-bond donors (Lipinski definition) is 0. The van der Waals surface area contributed by atoms with Crippen molar-refractivity contribution in [3.05, 3.63) is 28.1 Å². The van der Waals surface area contributed by atoms with Crippen molar-refractivity contribution in [3.8, 4) is 5.75 Å². The molecular formula is C15H16BrClN2O. The molecule has 1 heterocycles. The van der Waals surface area contributed by atoms with Crippen LogP contribution >= 0.6 is 27.5 Å². The van der Waals surface area contributed by atoms with Crippen LogP contribution in [-0.2, 0) is 0 Å². The van der Waals surface area contributed by atoms with E-state index < -0.39 is 0 Å². The average Bonchev–Trinajstić information content (AvgIpc) is 2.42. The van der Waals surface area contributed by atoms with Gasteiger partial charge in [-0.25, -0.2) is 9.97 Å². The quantitative estimate of drug-likeness (QED) is 0.711. The summed E-state index contributed by atoms with van der Waals surface area (Å²) in [5, 5.41) is 1.19. The molecule has 0 aliphatic heterocycles. The van der Waals surface area contributed by atoms with Crippen LogP contribution in [0.2, 0.25) is 5.28 Å². The predicted octanol–water partition coefficient (Wildman–Crippen LogP) is 5.00. The molecule has 1 fully saturated rings. The Labute approximate surface area is 131 Å². The molecule has 0 amide bonds. The lowest BCUT2D eigenvalue weighted by Gasteiger charge is -2.27. The van der Waals surface area contributed by atoms with Crippen LogP contribution < -0.4 is 4.74 Å². The molecule has 0 bridgehead atoms. The molecule has 106 valence electrons. The second-order valence-electron chi connectivity index (χ2n) is 5.48. The lowest BCUT2D eigenvalue weighted by molar-refractivity contribution is 0.137. The fourth-order valence-corrected chi connectivity index (χ4v) is 3.26. The molecule has 20 heavy (non-hydrogen) atoms. The normalized spacial score (nSPS) is 22.9. The zero-order valence-electron chi connectivity index (χ0n) is 11.3. The molecular weight excluding hydrogens is 340 g/mol. The van der Waals surface area contributed by atoms with Gasteiger partial charge in [-0.3, -0.25) is 0 Å². The fourth-order valence-electron chi connectivity index (χ4n) is 2.67. The Morgan fingerprint density at radius 1 is 1.25 bits per heavy atom. The monoisotopic (exact) mass is 354 g/mol. The summed E-state index contributed by atoms with van der Waals surface area (Å²) in [4.78, 5) is 8.33. The second kappa shape index (κ2) is 5.86. The van der Waals surface area contributed by atoms with Crippen LogP contribution in [-0.4, -0.2) is 16.1 Å². The van der Waals surface area contributed by atoms with Crippen molar-refractivity contribution in [1.82, 2.24) is 9.97 Å². The smallest absolute Gasteiger partial charge is 0.223 e. The third-order valence-corrected chi connectivity index (χ3v) is 4.48. The van der Waals surface area contributed by atoms with E-state index in [1.165, 1.54) is 12.8 Å². The molecule has 1 aromatic carbocycles. The molecule has 0 spiro atoms. The van der Waals surface area contributed by atoms with Gasteiger partial charge in [0.1, 0.15) is 11.3 Å². The van der Waals surface area contributed by atoms with Crippen LogP contribution in [0.4, 0.5) is 0 Å². The summed E-state index contributed by atoms with van der Waals surface area (Å²) in [6.07, 6.45) is 6.67. The van der Waals surface area contributed by atoms with Gasteiger partial charge in [-0.15, -0.1) is 0 Å². The van der Waals surface area contributed by atoms with Crippen molar-refractivity contribution in [3.63, 3.8) is 0 Å². The maximum atomic E-state index is 6.17. The maximum absolute atomic E-state index is 6.17.